The second-order valence-electron chi connectivity index (χ2n) is 3.91. The zero-order valence-corrected chi connectivity index (χ0v) is 8.44. The Morgan fingerprint density at radius 1 is 1.53 bits per heavy atom. The molecule has 0 aliphatic carbocycles. The number of nitrogens with one attached hydrogen (secondary N) is 1. The summed E-state index contributed by atoms with van der Waals surface area (Å²) in [6, 6.07) is 3.95. The Balaban J connectivity index is 1.71. The molecular weight excluding hydrogens is 190 g/mol. The second-order valence-corrected chi connectivity index (χ2v) is 3.91. The lowest BCUT2D eigenvalue weighted by molar-refractivity contribution is 0.225. The molecule has 0 fully saturated rings. The van der Waals surface area contributed by atoms with Gasteiger partial charge in [0.05, 0.1) is 19.0 Å². The van der Waals surface area contributed by atoms with Gasteiger partial charge in [-0.3, -0.25) is 10.00 Å². The molecule has 4 nitrogen and oxygen atoms in total. The number of aromatic nitrogens is 2. The highest BCUT2D eigenvalue weighted by atomic mass is 16.3. The molecule has 78 valence electrons. The van der Waals surface area contributed by atoms with Crippen LogP contribution in [0.5, 0.6) is 0 Å². The molecule has 1 N–H and O–H groups in total. The molecule has 0 saturated heterocycles. The fourth-order valence-electron chi connectivity index (χ4n) is 2.04. The van der Waals surface area contributed by atoms with Crippen molar-refractivity contribution in [1.29, 1.82) is 0 Å². The van der Waals surface area contributed by atoms with Gasteiger partial charge in [-0.2, -0.15) is 5.10 Å². The van der Waals surface area contributed by atoms with Crippen LogP contribution in [0.25, 0.3) is 0 Å². The minimum absolute atomic E-state index is 0.887. The fourth-order valence-corrected chi connectivity index (χ4v) is 2.04. The molecular formula is C11H13N3O. The molecule has 0 amide bonds. The van der Waals surface area contributed by atoms with E-state index in [2.05, 4.69) is 15.1 Å². The van der Waals surface area contributed by atoms with E-state index in [9.17, 15) is 0 Å². The third kappa shape index (κ3) is 1.68. The molecule has 2 aromatic rings. The number of H-pyrrole nitrogens is 1. The summed E-state index contributed by atoms with van der Waals surface area (Å²) in [6.45, 7) is 2.92. The Hall–Kier alpha value is -1.55. The molecule has 0 unspecified atom stereocenters. The molecule has 0 spiro atoms. The fraction of sp³-hybridized carbons (Fsp3) is 0.364. The average Bonchev–Trinajstić information content (AvgIpc) is 2.87. The normalized spacial score (nSPS) is 16.5. The molecule has 0 radical (unpaired) electrons. The van der Waals surface area contributed by atoms with Crippen molar-refractivity contribution >= 4 is 0 Å². The molecule has 1 aliphatic heterocycles. The van der Waals surface area contributed by atoms with Crippen molar-refractivity contribution < 1.29 is 4.42 Å². The molecule has 0 atom stereocenters. The first-order valence-corrected chi connectivity index (χ1v) is 5.17. The molecule has 15 heavy (non-hydrogen) atoms. The summed E-state index contributed by atoms with van der Waals surface area (Å²) in [5, 5.41) is 7.10. The third-order valence-electron chi connectivity index (χ3n) is 2.84. The molecule has 1 aliphatic rings. The van der Waals surface area contributed by atoms with E-state index in [4.69, 9.17) is 4.42 Å². The molecule has 0 bridgehead atoms. The largest absolute Gasteiger partial charge is 0.468 e. The highest BCUT2D eigenvalue weighted by Gasteiger charge is 2.18. The van der Waals surface area contributed by atoms with Gasteiger partial charge in [0.25, 0.3) is 0 Å². The lowest BCUT2D eigenvalue weighted by Gasteiger charge is -2.25. The number of nitrogens with zero attached hydrogens (tertiary/aromatic N) is 2. The van der Waals surface area contributed by atoms with Crippen LogP contribution in [0, 0.1) is 0 Å². The number of fused-ring (bicyclic) bond motifs is 1. The highest BCUT2D eigenvalue weighted by molar-refractivity contribution is 5.19. The second kappa shape index (κ2) is 3.55. The number of hydrogen-bond acceptors (Lipinski definition) is 3. The summed E-state index contributed by atoms with van der Waals surface area (Å²) in [4.78, 5) is 2.37. The summed E-state index contributed by atoms with van der Waals surface area (Å²) in [7, 11) is 0. The Bertz CT molecular complexity index is 432. The topological polar surface area (TPSA) is 45.1 Å². The minimum atomic E-state index is 0.887. The lowest BCUT2D eigenvalue weighted by atomic mass is 10.1. The van der Waals surface area contributed by atoms with E-state index >= 15 is 0 Å². The summed E-state index contributed by atoms with van der Waals surface area (Å²) in [6.07, 6.45) is 4.70. The predicted molar refractivity (Wildman–Crippen MR) is 55.1 cm³/mol. The first kappa shape index (κ1) is 8.73. The van der Waals surface area contributed by atoms with Gasteiger partial charge in [0.2, 0.25) is 0 Å². The standard InChI is InChI=1S/C11H13N3O/c1-2-10(15-5-1)8-14-4-3-11-9(7-14)6-12-13-11/h1-2,5-6H,3-4,7-8H2,(H,12,13). The van der Waals surface area contributed by atoms with E-state index in [0.29, 0.717) is 0 Å². The number of rotatable bonds is 2. The van der Waals surface area contributed by atoms with Crippen molar-refractivity contribution in [2.75, 3.05) is 6.54 Å². The van der Waals surface area contributed by atoms with E-state index in [0.717, 1.165) is 31.8 Å². The number of hydrogen-bond donors (Lipinski definition) is 1. The van der Waals surface area contributed by atoms with Crippen LogP contribution >= 0.6 is 0 Å². The maximum Gasteiger partial charge on any atom is 0.117 e. The quantitative estimate of drug-likeness (QED) is 0.805. The van der Waals surface area contributed by atoms with E-state index in [1.807, 2.05) is 18.3 Å². The summed E-state index contributed by atoms with van der Waals surface area (Å²) in [5.41, 5.74) is 2.60. The molecule has 4 heteroatoms. The van der Waals surface area contributed by atoms with E-state index in [1.54, 1.807) is 6.26 Å². The third-order valence-corrected chi connectivity index (χ3v) is 2.84. The van der Waals surface area contributed by atoms with Gasteiger partial charge in [0, 0.05) is 30.8 Å². The van der Waals surface area contributed by atoms with Crippen LogP contribution in [0.1, 0.15) is 17.0 Å². The lowest BCUT2D eigenvalue weighted by Crippen LogP contribution is -2.29. The van der Waals surface area contributed by atoms with Crippen LogP contribution in [0.2, 0.25) is 0 Å². The zero-order chi connectivity index (χ0) is 10.1. The van der Waals surface area contributed by atoms with Crippen molar-refractivity contribution in [3.63, 3.8) is 0 Å². The maximum absolute atomic E-state index is 5.34. The van der Waals surface area contributed by atoms with Gasteiger partial charge < -0.3 is 4.42 Å². The molecule has 2 aromatic heterocycles. The van der Waals surface area contributed by atoms with Gasteiger partial charge in [-0.25, -0.2) is 0 Å². The minimum Gasteiger partial charge on any atom is -0.468 e. The molecule has 3 heterocycles. The smallest absolute Gasteiger partial charge is 0.117 e. The van der Waals surface area contributed by atoms with Crippen molar-refractivity contribution in [1.82, 2.24) is 15.1 Å². The van der Waals surface area contributed by atoms with Gasteiger partial charge in [0.1, 0.15) is 5.76 Å². The van der Waals surface area contributed by atoms with Gasteiger partial charge in [0.15, 0.2) is 0 Å². The summed E-state index contributed by atoms with van der Waals surface area (Å²) >= 11 is 0. The first-order chi connectivity index (χ1) is 7.42. The predicted octanol–water partition coefficient (Wildman–Crippen LogP) is 1.56. The number of aromatic amines is 1. The van der Waals surface area contributed by atoms with Gasteiger partial charge >= 0.3 is 0 Å². The van der Waals surface area contributed by atoms with Gasteiger partial charge in [-0.1, -0.05) is 0 Å². The Kier molecular flexibility index (Phi) is 2.07. The van der Waals surface area contributed by atoms with Crippen molar-refractivity contribution in [3.8, 4) is 0 Å². The first-order valence-electron chi connectivity index (χ1n) is 5.17. The van der Waals surface area contributed by atoms with Crippen LogP contribution < -0.4 is 0 Å². The average molecular weight is 203 g/mol. The van der Waals surface area contributed by atoms with Gasteiger partial charge in [-0.15, -0.1) is 0 Å². The molecule has 3 rings (SSSR count). The van der Waals surface area contributed by atoms with Crippen molar-refractivity contribution in [2.24, 2.45) is 0 Å². The van der Waals surface area contributed by atoms with Crippen molar-refractivity contribution in [3.05, 3.63) is 41.6 Å². The number of furan rings is 1. The SMILES string of the molecule is c1coc(CN2CCc3[nH]ncc3C2)c1. The van der Waals surface area contributed by atoms with Gasteiger partial charge in [-0.05, 0) is 12.1 Å². The summed E-state index contributed by atoms with van der Waals surface area (Å²) in [5.74, 6) is 1.03. The van der Waals surface area contributed by atoms with Crippen LogP contribution in [-0.2, 0) is 19.5 Å². The zero-order valence-electron chi connectivity index (χ0n) is 8.44. The Labute approximate surface area is 87.9 Å². The highest BCUT2D eigenvalue weighted by Crippen LogP contribution is 2.18. The van der Waals surface area contributed by atoms with Crippen LogP contribution in [0.4, 0.5) is 0 Å². The van der Waals surface area contributed by atoms with Crippen molar-refractivity contribution in [2.45, 2.75) is 19.5 Å². The Morgan fingerprint density at radius 2 is 2.53 bits per heavy atom. The van der Waals surface area contributed by atoms with E-state index in [-0.39, 0.29) is 0 Å². The maximum atomic E-state index is 5.34. The Morgan fingerprint density at radius 3 is 3.40 bits per heavy atom. The van der Waals surface area contributed by atoms with Crippen LogP contribution in [0.15, 0.2) is 29.0 Å². The monoisotopic (exact) mass is 203 g/mol. The molecule has 0 saturated carbocycles. The van der Waals surface area contributed by atoms with Crippen LogP contribution in [0.3, 0.4) is 0 Å². The van der Waals surface area contributed by atoms with E-state index in [1.165, 1.54) is 11.3 Å². The van der Waals surface area contributed by atoms with E-state index < -0.39 is 0 Å². The molecule has 0 aromatic carbocycles. The summed E-state index contributed by atoms with van der Waals surface area (Å²) < 4.78 is 5.34. The van der Waals surface area contributed by atoms with Crippen LogP contribution in [-0.4, -0.2) is 21.6 Å².